The third kappa shape index (κ3) is 11.1. The second-order valence-corrected chi connectivity index (χ2v) is 3.55. The Morgan fingerprint density at radius 2 is 2.07 bits per heavy atom. The van der Waals surface area contributed by atoms with Crippen molar-refractivity contribution in [1.29, 1.82) is 0 Å². The van der Waals surface area contributed by atoms with E-state index in [4.69, 9.17) is 4.74 Å². The van der Waals surface area contributed by atoms with Crippen molar-refractivity contribution >= 4 is 5.97 Å². The van der Waals surface area contributed by atoms with Crippen LogP contribution in [0.25, 0.3) is 0 Å². The standard InChI is InChI=1S/C12H23NO2/c1-3-5-6-7-8-10-15-12(14)11-13-9-4-2/h4,13H,2-3,5-11H2,1H3. The van der Waals surface area contributed by atoms with Gasteiger partial charge in [-0.3, -0.25) is 4.79 Å². The van der Waals surface area contributed by atoms with E-state index in [2.05, 4.69) is 18.8 Å². The van der Waals surface area contributed by atoms with E-state index in [0.29, 0.717) is 13.2 Å². The van der Waals surface area contributed by atoms with Crippen molar-refractivity contribution in [2.24, 2.45) is 0 Å². The molecule has 0 spiro atoms. The van der Waals surface area contributed by atoms with Gasteiger partial charge in [0.15, 0.2) is 0 Å². The minimum atomic E-state index is -0.174. The predicted molar refractivity (Wildman–Crippen MR) is 62.8 cm³/mol. The van der Waals surface area contributed by atoms with E-state index in [-0.39, 0.29) is 12.5 Å². The highest BCUT2D eigenvalue weighted by Gasteiger charge is 2.00. The van der Waals surface area contributed by atoms with Crippen LogP contribution in [-0.2, 0) is 9.53 Å². The number of carbonyl (C=O) groups is 1. The van der Waals surface area contributed by atoms with Gasteiger partial charge in [0.05, 0.1) is 13.2 Å². The fraction of sp³-hybridized carbons (Fsp3) is 0.750. The number of unbranched alkanes of at least 4 members (excludes halogenated alkanes) is 4. The normalized spacial score (nSPS) is 9.93. The first kappa shape index (κ1) is 14.2. The monoisotopic (exact) mass is 213 g/mol. The minimum Gasteiger partial charge on any atom is -0.465 e. The fourth-order valence-corrected chi connectivity index (χ4v) is 1.22. The second kappa shape index (κ2) is 11.2. The molecule has 3 heteroatoms. The topological polar surface area (TPSA) is 38.3 Å². The number of esters is 1. The summed E-state index contributed by atoms with van der Waals surface area (Å²) in [4.78, 5) is 11.1. The third-order valence-electron chi connectivity index (χ3n) is 2.07. The summed E-state index contributed by atoms with van der Waals surface area (Å²) in [5, 5.41) is 2.90. The molecule has 0 atom stereocenters. The maximum atomic E-state index is 11.1. The Hall–Kier alpha value is -0.830. The summed E-state index contributed by atoms with van der Waals surface area (Å²) in [5.41, 5.74) is 0. The lowest BCUT2D eigenvalue weighted by Crippen LogP contribution is -2.24. The minimum absolute atomic E-state index is 0.174. The molecule has 0 aromatic heterocycles. The highest BCUT2D eigenvalue weighted by molar-refractivity contribution is 5.71. The molecule has 0 aliphatic heterocycles. The van der Waals surface area contributed by atoms with E-state index in [9.17, 15) is 4.79 Å². The number of rotatable bonds is 10. The predicted octanol–water partition coefficient (Wildman–Crippen LogP) is 2.28. The molecule has 0 heterocycles. The van der Waals surface area contributed by atoms with Crippen molar-refractivity contribution in [2.45, 2.75) is 39.0 Å². The molecule has 1 N–H and O–H groups in total. The lowest BCUT2D eigenvalue weighted by atomic mass is 10.2. The number of hydrogen-bond donors (Lipinski definition) is 1. The van der Waals surface area contributed by atoms with Gasteiger partial charge in [-0.2, -0.15) is 0 Å². The van der Waals surface area contributed by atoms with E-state index < -0.39 is 0 Å². The van der Waals surface area contributed by atoms with E-state index in [1.54, 1.807) is 6.08 Å². The first-order valence-corrected chi connectivity index (χ1v) is 5.78. The molecular weight excluding hydrogens is 190 g/mol. The summed E-state index contributed by atoms with van der Waals surface area (Å²) in [5.74, 6) is -0.174. The van der Waals surface area contributed by atoms with Crippen molar-refractivity contribution in [1.82, 2.24) is 5.32 Å². The van der Waals surface area contributed by atoms with Crippen LogP contribution in [0.4, 0.5) is 0 Å². The van der Waals surface area contributed by atoms with Gasteiger partial charge >= 0.3 is 5.97 Å². The maximum absolute atomic E-state index is 11.1. The summed E-state index contributed by atoms with van der Waals surface area (Å²) in [6.45, 7) is 7.21. The second-order valence-electron chi connectivity index (χ2n) is 3.55. The van der Waals surface area contributed by atoms with Crippen LogP contribution in [0.15, 0.2) is 12.7 Å². The van der Waals surface area contributed by atoms with Gasteiger partial charge in [-0.05, 0) is 6.42 Å². The van der Waals surface area contributed by atoms with Gasteiger partial charge in [0.2, 0.25) is 0 Å². The Morgan fingerprint density at radius 1 is 1.33 bits per heavy atom. The van der Waals surface area contributed by atoms with Crippen LogP contribution in [0.5, 0.6) is 0 Å². The zero-order valence-electron chi connectivity index (χ0n) is 9.76. The van der Waals surface area contributed by atoms with Gasteiger partial charge in [0, 0.05) is 6.54 Å². The van der Waals surface area contributed by atoms with Crippen LogP contribution < -0.4 is 5.32 Å². The quantitative estimate of drug-likeness (QED) is 0.344. The van der Waals surface area contributed by atoms with Crippen LogP contribution >= 0.6 is 0 Å². The highest BCUT2D eigenvalue weighted by atomic mass is 16.5. The van der Waals surface area contributed by atoms with Gasteiger partial charge in [0.25, 0.3) is 0 Å². The largest absolute Gasteiger partial charge is 0.465 e. The van der Waals surface area contributed by atoms with Crippen LogP contribution in [0.1, 0.15) is 39.0 Å². The Labute approximate surface area is 92.9 Å². The molecule has 0 aliphatic rings. The number of hydrogen-bond acceptors (Lipinski definition) is 3. The summed E-state index contributed by atoms with van der Waals surface area (Å²) in [6.07, 6.45) is 7.61. The summed E-state index contributed by atoms with van der Waals surface area (Å²) in [7, 11) is 0. The summed E-state index contributed by atoms with van der Waals surface area (Å²) < 4.78 is 5.03. The Balaban J connectivity index is 3.13. The van der Waals surface area contributed by atoms with Crippen molar-refractivity contribution in [2.75, 3.05) is 19.7 Å². The van der Waals surface area contributed by atoms with E-state index in [1.807, 2.05) is 0 Å². The molecule has 0 aromatic carbocycles. The number of nitrogens with one attached hydrogen (secondary N) is 1. The average Bonchev–Trinajstić information content (AvgIpc) is 2.23. The zero-order chi connectivity index (χ0) is 11.4. The zero-order valence-corrected chi connectivity index (χ0v) is 9.76. The first-order chi connectivity index (χ1) is 7.31. The van der Waals surface area contributed by atoms with E-state index in [0.717, 1.165) is 12.8 Å². The molecule has 0 saturated heterocycles. The fourth-order valence-electron chi connectivity index (χ4n) is 1.22. The Kier molecular flexibility index (Phi) is 10.6. The van der Waals surface area contributed by atoms with E-state index >= 15 is 0 Å². The lowest BCUT2D eigenvalue weighted by Gasteiger charge is -2.04. The molecule has 0 aliphatic carbocycles. The van der Waals surface area contributed by atoms with Crippen LogP contribution in [0, 0.1) is 0 Å². The molecule has 0 unspecified atom stereocenters. The number of ether oxygens (including phenoxy) is 1. The van der Waals surface area contributed by atoms with Gasteiger partial charge in [-0.1, -0.05) is 38.7 Å². The molecule has 88 valence electrons. The summed E-state index contributed by atoms with van der Waals surface area (Å²) in [6, 6.07) is 0. The molecular formula is C12H23NO2. The first-order valence-electron chi connectivity index (χ1n) is 5.78. The molecule has 0 bridgehead atoms. The van der Waals surface area contributed by atoms with Gasteiger partial charge < -0.3 is 10.1 Å². The summed E-state index contributed by atoms with van der Waals surface area (Å²) >= 11 is 0. The van der Waals surface area contributed by atoms with Crippen LogP contribution in [0.2, 0.25) is 0 Å². The third-order valence-corrected chi connectivity index (χ3v) is 2.07. The van der Waals surface area contributed by atoms with Crippen molar-refractivity contribution in [3.63, 3.8) is 0 Å². The molecule has 0 radical (unpaired) electrons. The van der Waals surface area contributed by atoms with Crippen molar-refractivity contribution in [3.05, 3.63) is 12.7 Å². The Morgan fingerprint density at radius 3 is 2.73 bits per heavy atom. The van der Waals surface area contributed by atoms with Gasteiger partial charge in [0.1, 0.15) is 0 Å². The van der Waals surface area contributed by atoms with Crippen LogP contribution in [-0.4, -0.2) is 25.7 Å². The maximum Gasteiger partial charge on any atom is 0.319 e. The van der Waals surface area contributed by atoms with Crippen LogP contribution in [0.3, 0.4) is 0 Å². The molecule has 0 saturated carbocycles. The SMILES string of the molecule is C=CCNCC(=O)OCCCCCCC. The molecule has 0 aromatic rings. The smallest absolute Gasteiger partial charge is 0.319 e. The molecule has 0 amide bonds. The van der Waals surface area contributed by atoms with Gasteiger partial charge in [-0.15, -0.1) is 6.58 Å². The van der Waals surface area contributed by atoms with Gasteiger partial charge in [-0.25, -0.2) is 0 Å². The lowest BCUT2D eigenvalue weighted by molar-refractivity contribution is -0.142. The molecule has 0 fully saturated rings. The molecule has 15 heavy (non-hydrogen) atoms. The molecule has 3 nitrogen and oxygen atoms in total. The van der Waals surface area contributed by atoms with Crippen molar-refractivity contribution in [3.8, 4) is 0 Å². The highest BCUT2D eigenvalue weighted by Crippen LogP contribution is 2.02. The number of carbonyl (C=O) groups excluding carboxylic acids is 1. The Bertz CT molecular complexity index is 169. The van der Waals surface area contributed by atoms with E-state index in [1.165, 1.54) is 19.3 Å². The molecule has 0 rings (SSSR count). The average molecular weight is 213 g/mol. The van der Waals surface area contributed by atoms with Crippen molar-refractivity contribution < 1.29 is 9.53 Å².